The third-order valence-electron chi connectivity index (χ3n) is 4.37. The number of aromatic amines is 1. The summed E-state index contributed by atoms with van der Waals surface area (Å²) in [5, 5.41) is 0.739. The average molecular weight is 386 g/mol. The number of rotatable bonds is 4. The van der Waals surface area contributed by atoms with Gasteiger partial charge in [0.15, 0.2) is 11.5 Å². The molecular weight excluding hydrogens is 368 g/mol. The van der Waals surface area contributed by atoms with Crippen LogP contribution >= 0.6 is 0 Å². The molecule has 1 aliphatic heterocycles. The van der Waals surface area contributed by atoms with Crippen molar-refractivity contribution in [3.63, 3.8) is 0 Å². The van der Waals surface area contributed by atoms with E-state index in [-0.39, 0.29) is 17.0 Å². The smallest absolute Gasteiger partial charge is 0.252 e. The fourth-order valence-corrected chi connectivity index (χ4v) is 3.90. The van der Waals surface area contributed by atoms with Gasteiger partial charge in [-0.2, -0.15) is 0 Å². The number of hydrogen-bond acceptors (Lipinski definition) is 5. The van der Waals surface area contributed by atoms with Crippen LogP contribution in [0.5, 0.6) is 11.5 Å². The molecule has 1 aromatic heterocycles. The molecule has 0 spiro atoms. The van der Waals surface area contributed by atoms with E-state index >= 15 is 0 Å². The number of hydrogen-bond donors (Lipinski definition) is 2. The normalized spacial score (nSPS) is 13.7. The minimum atomic E-state index is -3.71. The van der Waals surface area contributed by atoms with Gasteiger partial charge in [0.2, 0.25) is 10.0 Å². The number of pyridine rings is 1. The number of fused-ring (bicyclic) bond motifs is 2. The van der Waals surface area contributed by atoms with Gasteiger partial charge in [0.25, 0.3) is 5.56 Å². The lowest BCUT2D eigenvalue weighted by atomic mass is 10.1. The second-order valence-electron chi connectivity index (χ2n) is 6.34. The van der Waals surface area contributed by atoms with Gasteiger partial charge in [-0.05, 0) is 31.2 Å². The fourth-order valence-electron chi connectivity index (χ4n) is 2.89. The highest BCUT2D eigenvalue weighted by Crippen LogP contribution is 2.33. The zero-order valence-electron chi connectivity index (χ0n) is 14.6. The van der Waals surface area contributed by atoms with Gasteiger partial charge in [-0.15, -0.1) is 0 Å². The zero-order chi connectivity index (χ0) is 19.0. The Balaban J connectivity index is 1.62. The summed E-state index contributed by atoms with van der Waals surface area (Å²) >= 11 is 0. The summed E-state index contributed by atoms with van der Waals surface area (Å²) in [6.07, 6.45) is 0. The summed E-state index contributed by atoms with van der Waals surface area (Å²) in [5.41, 5.74) is 1.53. The molecule has 0 bridgehead atoms. The number of sulfonamides is 1. The second-order valence-corrected chi connectivity index (χ2v) is 8.11. The summed E-state index contributed by atoms with van der Waals surface area (Å²) in [6.45, 7) is 2.69. The Kier molecular flexibility index (Phi) is 4.37. The van der Waals surface area contributed by atoms with Crippen molar-refractivity contribution in [1.82, 2.24) is 9.71 Å². The second kappa shape index (κ2) is 6.71. The molecule has 1 aliphatic rings. The topological polar surface area (TPSA) is 97.5 Å². The molecule has 0 amide bonds. The quantitative estimate of drug-likeness (QED) is 0.716. The van der Waals surface area contributed by atoms with Crippen LogP contribution in [0.1, 0.15) is 11.1 Å². The summed E-state index contributed by atoms with van der Waals surface area (Å²) in [4.78, 5) is 15.3. The van der Waals surface area contributed by atoms with E-state index in [0.29, 0.717) is 35.8 Å². The van der Waals surface area contributed by atoms with Gasteiger partial charge in [0.1, 0.15) is 13.2 Å². The fraction of sp³-hybridized carbons (Fsp3) is 0.211. The van der Waals surface area contributed by atoms with Crippen LogP contribution in [-0.4, -0.2) is 26.6 Å². The molecule has 2 N–H and O–H groups in total. The van der Waals surface area contributed by atoms with E-state index in [4.69, 9.17) is 9.47 Å². The monoisotopic (exact) mass is 386 g/mol. The van der Waals surface area contributed by atoms with Crippen molar-refractivity contribution in [3.8, 4) is 11.5 Å². The summed E-state index contributed by atoms with van der Waals surface area (Å²) in [5.74, 6) is 1.18. The zero-order valence-corrected chi connectivity index (χ0v) is 15.4. The predicted molar refractivity (Wildman–Crippen MR) is 101 cm³/mol. The lowest BCUT2D eigenvalue weighted by Crippen LogP contribution is -2.27. The van der Waals surface area contributed by atoms with Gasteiger partial charge in [0, 0.05) is 23.6 Å². The molecule has 0 fully saturated rings. The Morgan fingerprint density at radius 3 is 2.41 bits per heavy atom. The summed E-state index contributed by atoms with van der Waals surface area (Å²) in [7, 11) is -3.71. The first kappa shape index (κ1) is 17.6. The molecule has 4 rings (SSSR count). The number of H-pyrrole nitrogens is 1. The van der Waals surface area contributed by atoms with Crippen LogP contribution in [0.2, 0.25) is 0 Å². The van der Waals surface area contributed by atoms with Gasteiger partial charge in [0.05, 0.1) is 10.4 Å². The molecule has 7 nitrogen and oxygen atoms in total. The highest BCUT2D eigenvalue weighted by molar-refractivity contribution is 7.89. The van der Waals surface area contributed by atoms with Crippen LogP contribution in [0.15, 0.2) is 52.2 Å². The first-order valence-corrected chi connectivity index (χ1v) is 9.92. The Morgan fingerprint density at radius 2 is 1.70 bits per heavy atom. The van der Waals surface area contributed by atoms with Crippen molar-refractivity contribution in [2.45, 2.75) is 18.4 Å². The van der Waals surface area contributed by atoms with E-state index < -0.39 is 10.0 Å². The largest absolute Gasteiger partial charge is 0.486 e. The molecule has 0 saturated carbocycles. The van der Waals surface area contributed by atoms with Crippen LogP contribution in [-0.2, 0) is 16.6 Å². The Morgan fingerprint density at radius 1 is 1.04 bits per heavy atom. The molecular formula is C19H18N2O5S. The van der Waals surface area contributed by atoms with E-state index in [0.717, 1.165) is 10.9 Å². The number of nitrogens with one attached hydrogen (secondary N) is 2. The van der Waals surface area contributed by atoms with Gasteiger partial charge in [-0.1, -0.05) is 17.7 Å². The Labute approximate surface area is 156 Å². The Hall–Kier alpha value is -2.84. The van der Waals surface area contributed by atoms with Crippen molar-refractivity contribution in [1.29, 1.82) is 0 Å². The van der Waals surface area contributed by atoms with Crippen LogP contribution in [0.4, 0.5) is 0 Å². The first-order chi connectivity index (χ1) is 12.9. The lowest BCUT2D eigenvalue weighted by Gasteiger charge is -2.18. The van der Waals surface area contributed by atoms with Crippen LogP contribution in [0, 0.1) is 6.92 Å². The van der Waals surface area contributed by atoms with Crippen LogP contribution < -0.4 is 19.8 Å². The van der Waals surface area contributed by atoms with Crippen LogP contribution in [0.3, 0.4) is 0 Å². The number of aromatic nitrogens is 1. The first-order valence-electron chi connectivity index (χ1n) is 8.44. The molecule has 0 aliphatic carbocycles. The van der Waals surface area contributed by atoms with Crippen molar-refractivity contribution >= 4 is 20.9 Å². The molecule has 0 atom stereocenters. The molecule has 0 unspecified atom stereocenters. The summed E-state index contributed by atoms with van der Waals surface area (Å²) in [6, 6.07) is 11.7. The van der Waals surface area contributed by atoms with E-state index in [2.05, 4.69) is 9.71 Å². The average Bonchev–Trinajstić information content (AvgIpc) is 2.65. The van der Waals surface area contributed by atoms with Crippen molar-refractivity contribution in [2.75, 3.05) is 13.2 Å². The van der Waals surface area contributed by atoms with E-state index in [1.807, 2.05) is 6.92 Å². The highest BCUT2D eigenvalue weighted by atomic mass is 32.2. The maximum absolute atomic E-state index is 12.4. The highest BCUT2D eigenvalue weighted by Gasteiger charge is 2.16. The van der Waals surface area contributed by atoms with E-state index in [1.165, 1.54) is 12.1 Å². The van der Waals surface area contributed by atoms with Crippen LogP contribution in [0.25, 0.3) is 10.9 Å². The predicted octanol–water partition coefficient (Wildman–Crippen LogP) is 2.09. The Bertz CT molecular complexity index is 1170. The van der Waals surface area contributed by atoms with Gasteiger partial charge in [-0.25, -0.2) is 13.1 Å². The third kappa shape index (κ3) is 3.54. The summed E-state index contributed by atoms with van der Waals surface area (Å²) < 4.78 is 38.4. The number of benzene rings is 2. The van der Waals surface area contributed by atoms with Crippen molar-refractivity contribution in [3.05, 3.63) is 63.9 Å². The van der Waals surface area contributed by atoms with Gasteiger partial charge >= 0.3 is 0 Å². The maximum atomic E-state index is 12.4. The maximum Gasteiger partial charge on any atom is 0.252 e. The minimum absolute atomic E-state index is 0.115. The van der Waals surface area contributed by atoms with E-state index in [1.54, 1.807) is 30.3 Å². The standard InChI is InChI=1S/C19H18N2O5S/c1-12-2-4-15(5-3-12)27(23,24)20-11-14-8-13-9-17-18(26-7-6-25-17)10-16(13)21-19(14)22/h2-5,8-10,20H,6-7,11H2,1H3,(H,21,22). The third-order valence-corrected chi connectivity index (χ3v) is 5.78. The molecule has 27 heavy (non-hydrogen) atoms. The molecule has 0 radical (unpaired) electrons. The number of ether oxygens (including phenoxy) is 2. The molecule has 2 aromatic carbocycles. The van der Waals surface area contributed by atoms with Crippen molar-refractivity contribution in [2.24, 2.45) is 0 Å². The van der Waals surface area contributed by atoms with Gasteiger partial charge < -0.3 is 14.5 Å². The SMILES string of the molecule is Cc1ccc(S(=O)(=O)NCc2cc3cc4c(cc3[nH]c2=O)OCCO4)cc1. The van der Waals surface area contributed by atoms with E-state index in [9.17, 15) is 13.2 Å². The number of aryl methyl sites for hydroxylation is 1. The van der Waals surface area contributed by atoms with Crippen molar-refractivity contribution < 1.29 is 17.9 Å². The minimum Gasteiger partial charge on any atom is -0.486 e. The van der Waals surface area contributed by atoms with Gasteiger partial charge in [-0.3, -0.25) is 4.79 Å². The molecule has 8 heteroatoms. The molecule has 3 aromatic rings. The molecule has 140 valence electrons. The lowest BCUT2D eigenvalue weighted by molar-refractivity contribution is 0.172. The molecule has 2 heterocycles. The molecule has 0 saturated heterocycles.